The minimum Gasteiger partial charge on any atom is -0.327 e. The van der Waals surface area contributed by atoms with E-state index in [0.717, 1.165) is 60.6 Å². The second-order valence-electron chi connectivity index (χ2n) is 7.53. The molecule has 2 N–H and O–H groups in total. The first kappa shape index (κ1) is 20.3. The van der Waals surface area contributed by atoms with Crippen LogP contribution in [0.5, 0.6) is 0 Å². The molecule has 2 rings (SSSR count). The Balaban J connectivity index is 2.07. The number of hydrogen-bond acceptors (Lipinski definition) is 3. The SMILES string of the molecule is CCCC[N+]1(C[C@@H](N)CS)CCN(C(=O)c2cccc(C)c2C)CC1. The average molecular weight is 365 g/mol. The normalized spacial score (nSPS) is 18.2. The lowest BCUT2D eigenvalue weighted by molar-refractivity contribution is -0.932. The van der Waals surface area contributed by atoms with Gasteiger partial charge in [0.2, 0.25) is 0 Å². The summed E-state index contributed by atoms with van der Waals surface area (Å²) in [4.78, 5) is 15.0. The number of unbranched alkanes of at least 4 members (excludes halogenated alkanes) is 1. The van der Waals surface area contributed by atoms with Crippen LogP contribution in [-0.2, 0) is 0 Å². The van der Waals surface area contributed by atoms with Gasteiger partial charge in [-0.15, -0.1) is 0 Å². The number of carbonyl (C=O) groups excluding carboxylic acids is 1. The first-order chi connectivity index (χ1) is 11.9. The summed E-state index contributed by atoms with van der Waals surface area (Å²) in [7, 11) is 0. The molecule has 0 bridgehead atoms. The lowest BCUT2D eigenvalue weighted by Crippen LogP contribution is -2.64. The summed E-state index contributed by atoms with van der Waals surface area (Å²) < 4.78 is 1.03. The number of aryl methyl sites for hydroxylation is 1. The molecule has 1 fully saturated rings. The lowest BCUT2D eigenvalue weighted by atomic mass is 10.0. The number of piperazine rings is 1. The van der Waals surface area contributed by atoms with Gasteiger partial charge >= 0.3 is 0 Å². The van der Waals surface area contributed by atoms with E-state index >= 15 is 0 Å². The highest BCUT2D eigenvalue weighted by molar-refractivity contribution is 7.80. The van der Waals surface area contributed by atoms with Crippen molar-refractivity contribution in [2.75, 3.05) is 45.0 Å². The van der Waals surface area contributed by atoms with Crippen LogP contribution in [0.25, 0.3) is 0 Å². The van der Waals surface area contributed by atoms with E-state index in [1.165, 1.54) is 18.4 Å². The van der Waals surface area contributed by atoms with E-state index in [2.05, 4.69) is 32.5 Å². The Bertz CT molecular complexity index is 582. The Morgan fingerprint density at radius 3 is 2.60 bits per heavy atom. The first-order valence-corrected chi connectivity index (χ1v) is 10.1. The third-order valence-electron chi connectivity index (χ3n) is 5.65. The summed E-state index contributed by atoms with van der Waals surface area (Å²) in [6.07, 6.45) is 2.41. The summed E-state index contributed by atoms with van der Waals surface area (Å²) in [6.45, 7) is 12.1. The van der Waals surface area contributed by atoms with Gasteiger partial charge in [0, 0.05) is 11.3 Å². The van der Waals surface area contributed by atoms with Gasteiger partial charge in [-0.2, -0.15) is 12.6 Å². The van der Waals surface area contributed by atoms with Crippen LogP contribution in [0.15, 0.2) is 18.2 Å². The van der Waals surface area contributed by atoms with Crippen LogP contribution in [-0.4, -0.2) is 66.4 Å². The van der Waals surface area contributed by atoms with Crippen molar-refractivity contribution in [2.45, 2.75) is 39.7 Å². The number of hydrogen-bond donors (Lipinski definition) is 2. The number of nitrogens with two attached hydrogens (primary N) is 1. The van der Waals surface area contributed by atoms with Crippen molar-refractivity contribution >= 4 is 18.5 Å². The van der Waals surface area contributed by atoms with E-state index in [1.54, 1.807) is 0 Å². The Morgan fingerprint density at radius 1 is 1.32 bits per heavy atom. The van der Waals surface area contributed by atoms with Gasteiger partial charge < -0.3 is 15.1 Å². The molecule has 0 unspecified atom stereocenters. The van der Waals surface area contributed by atoms with Crippen molar-refractivity contribution in [3.8, 4) is 0 Å². The van der Waals surface area contributed by atoms with Crippen LogP contribution in [0.3, 0.4) is 0 Å². The van der Waals surface area contributed by atoms with Gasteiger partial charge in [0.1, 0.15) is 0 Å². The first-order valence-electron chi connectivity index (χ1n) is 9.49. The van der Waals surface area contributed by atoms with Gasteiger partial charge in [0.25, 0.3) is 5.91 Å². The number of quaternary nitrogens is 1. The number of carbonyl (C=O) groups is 1. The molecule has 1 aromatic carbocycles. The zero-order chi connectivity index (χ0) is 18.4. The molecule has 0 aliphatic carbocycles. The molecule has 0 spiro atoms. The summed E-state index contributed by atoms with van der Waals surface area (Å²) in [5.41, 5.74) is 9.33. The van der Waals surface area contributed by atoms with Gasteiger partial charge in [-0.25, -0.2) is 0 Å². The van der Waals surface area contributed by atoms with Crippen molar-refractivity contribution in [1.82, 2.24) is 4.90 Å². The predicted molar refractivity (Wildman–Crippen MR) is 108 cm³/mol. The largest absolute Gasteiger partial charge is 0.327 e. The fourth-order valence-corrected chi connectivity index (χ4v) is 3.91. The molecule has 140 valence electrons. The molecule has 0 radical (unpaired) electrons. The molecule has 0 aromatic heterocycles. The predicted octanol–water partition coefficient (Wildman–Crippen LogP) is 2.63. The highest BCUT2D eigenvalue weighted by Crippen LogP contribution is 2.20. The van der Waals surface area contributed by atoms with Gasteiger partial charge in [-0.05, 0) is 37.5 Å². The topological polar surface area (TPSA) is 46.3 Å². The molecule has 1 saturated heterocycles. The van der Waals surface area contributed by atoms with Crippen molar-refractivity contribution in [1.29, 1.82) is 0 Å². The maximum Gasteiger partial charge on any atom is 0.254 e. The molecule has 1 amide bonds. The van der Waals surface area contributed by atoms with Crippen molar-refractivity contribution in [2.24, 2.45) is 5.73 Å². The van der Waals surface area contributed by atoms with Gasteiger partial charge in [-0.3, -0.25) is 4.79 Å². The second kappa shape index (κ2) is 9.06. The van der Waals surface area contributed by atoms with E-state index in [4.69, 9.17) is 5.73 Å². The molecule has 4 nitrogen and oxygen atoms in total. The molecule has 1 aliphatic rings. The molecular formula is C20H34N3OS+. The molecular weight excluding hydrogens is 330 g/mol. The zero-order valence-corrected chi connectivity index (χ0v) is 16.9. The highest BCUT2D eigenvalue weighted by Gasteiger charge is 2.35. The molecule has 1 aromatic rings. The van der Waals surface area contributed by atoms with Crippen LogP contribution < -0.4 is 5.73 Å². The second-order valence-corrected chi connectivity index (χ2v) is 7.90. The van der Waals surface area contributed by atoms with Crippen LogP contribution in [0, 0.1) is 13.8 Å². The smallest absolute Gasteiger partial charge is 0.254 e. The van der Waals surface area contributed by atoms with Crippen molar-refractivity contribution in [3.63, 3.8) is 0 Å². The maximum atomic E-state index is 13.0. The van der Waals surface area contributed by atoms with Crippen LogP contribution in [0.2, 0.25) is 0 Å². The van der Waals surface area contributed by atoms with E-state index in [0.29, 0.717) is 0 Å². The zero-order valence-electron chi connectivity index (χ0n) is 16.0. The van der Waals surface area contributed by atoms with Crippen molar-refractivity contribution in [3.05, 3.63) is 34.9 Å². The molecule has 1 atom stereocenters. The standard InChI is InChI=1S/C20H33N3OS/c1-4-5-11-23(14-18(21)15-25)12-9-22(10-13-23)20(24)19-8-6-7-16(2)17(19)3/h6-8,18H,4-5,9-15,21H2,1-3H3/p+1/t18-/m1/s1. The Labute approximate surface area is 158 Å². The van der Waals surface area contributed by atoms with Crippen molar-refractivity contribution < 1.29 is 9.28 Å². The quantitative estimate of drug-likeness (QED) is 0.577. The Kier molecular flexibility index (Phi) is 7.35. The van der Waals surface area contributed by atoms with E-state index in [-0.39, 0.29) is 11.9 Å². The minimum atomic E-state index is 0.126. The maximum absolute atomic E-state index is 13.0. The van der Waals surface area contributed by atoms with E-state index < -0.39 is 0 Å². The highest BCUT2D eigenvalue weighted by atomic mass is 32.1. The van der Waals surface area contributed by atoms with Crippen LogP contribution in [0.4, 0.5) is 0 Å². The molecule has 5 heteroatoms. The van der Waals surface area contributed by atoms with Crippen LogP contribution >= 0.6 is 12.6 Å². The summed E-state index contributed by atoms with van der Waals surface area (Å²) in [6, 6.07) is 6.12. The van der Waals surface area contributed by atoms with Gasteiger partial charge in [-0.1, -0.05) is 25.5 Å². The average Bonchev–Trinajstić information content (AvgIpc) is 2.62. The number of nitrogens with zero attached hydrogens (tertiary/aromatic N) is 2. The summed E-state index contributed by atoms with van der Waals surface area (Å²) in [5, 5.41) is 0. The molecule has 25 heavy (non-hydrogen) atoms. The molecule has 1 aliphatic heterocycles. The third kappa shape index (κ3) is 4.99. The third-order valence-corrected chi connectivity index (χ3v) is 6.12. The molecule has 1 heterocycles. The fraction of sp³-hybridized carbons (Fsp3) is 0.650. The van der Waals surface area contributed by atoms with E-state index in [1.807, 2.05) is 24.0 Å². The van der Waals surface area contributed by atoms with Crippen LogP contribution in [0.1, 0.15) is 41.3 Å². The monoisotopic (exact) mass is 364 g/mol. The lowest BCUT2D eigenvalue weighted by Gasteiger charge is -2.46. The van der Waals surface area contributed by atoms with Gasteiger partial charge in [0.05, 0.1) is 45.3 Å². The summed E-state index contributed by atoms with van der Waals surface area (Å²) >= 11 is 4.36. The van der Waals surface area contributed by atoms with Gasteiger partial charge in [0.15, 0.2) is 0 Å². The number of amides is 1. The number of benzene rings is 1. The number of rotatable bonds is 7. The number of thiol groups is 1. The minimum absolute atomic E-state index is 0.126. The summed E-state index contributed by atoms with van der Waals surface area (Å²) in [5.74, 6) is 0.894. The van der Waals surface area contributed by atoms with E-state index in [9.17, 15) is 4.79 Å². The Hall–Kier alpha value is -1.04. The fourth-order valence-electron chi connectivity index (χ4n) is 3.79. The Morgan fingerprint density at radius 2 is 2.00 bits per heavy atom. The molecule has 0 saturated carbocycles.